The first-order valence-electron chi connectivity index (χ1n) is 11.7. The van der Waals surface area contributed by atoms with Crippen LogP contribution in [0.2, 0.25) is 0 Å². The third-order valence-corrected chi connectivity index (χ3v) is 6.45. The summed E-state index contributed by atoms with van der Waals surface area (Å²) in [6.45, 7) is 2.22. The number of amides is 1. The summed E-state index contributed by atoms with van der Waals surface area (Å²) in [7, 11) is 3.02. The van der Waals surface area contributed by atoms with Crippen LogP contribution in [0.1, 0.15) is 35.2 Å². The van der Waals surface area contributed by atoms with Gasteiger partial charge in [0, 0.05) is 12.1 Å². The molecule has 3 aromatic rings. The number of aliphatic hydroxyl groups is 1. The number of nitrogens with zero attached hydrogens (tertiary/aromatic N) is 1. The second-order valence-electron chi connectivity index (χ2n) is 8.53. The topological polar surface area (TPSA) is 76.1 Å². The molecule has 1 saturated heterocycles. The van der Waals surface area contributed by atoms with E-state index in [2.05, 4.69) is 0 Å². The molecule has 36 heavy (non-hydrogen) atoms. The van der Waals surface area contributed by atoms with Gasteiger partial charge in [-0.2, -0.15) is 0 Å². The monoisotopic (exact) mass is 489 g/mol. The summed E-state index contributed by atoms with van der Waals surface area (Å²) in [4.78, 5) is 27.9. The van der Waals surface area contributed by atoms with Gasteiger partial charge in [-0.05, 0) is 53.8 Å². The number of ketones is 1. The number of hydrogen-bond acceptors (Lipinski definition) is 5. The maximum absolute atomic E-state index is 13.3. The molecule has 0 bridgehead atoms. The summed E-state index contributed by atoms with van der Waals surface area (Å²) in [5.74, 6) is -1.11. The quantitative estimate of drug-likeness (QED) is 0.272. The average molecular weight is 490 g/mol. The van der Waals surface area contributed by atoms with Crippen molar-refractivity contribution in [1.29, 1.82) is 0 Å². The highest BCUT2D eigenvalue weighted by Crippen LogP contribution is 2.42. The molecule has 6 nitrogen and oxygen atoms in total. The van der Waals surface area contributed by atoms with Crippen molar-refractivity contribution in [2.24, 2.45) is 0 Å². The molecule has 1 aliphatic rings. The highest BCUT2D eigenvalue weighted by atomic mass is 19.1. The minimum Gasteiger partial charge on any atom is -0.507 e. The van der Waals surface area contributed by atoms with Gasteiger partial charge in [-0.15, -0.1) is 0 Å². The van der Waals surface area contributed by atoms with Gasteiger partial charge < -0.3 is 19.5 Å². The molecule has 1 fully saturated rings. The van der Waals surface area contributed by atoms with Gasteiger partial charge in [-0.1, -0.05) is 49.4 Å². The van der Waals surface area contributed by atoms with Crippen LogP contribution in [0.3, 0.4) is 0 Å². The lowest BCUT2D eigenvalue weighted by molar-refractivity contribution is -0.139. The van der Waals surface area contributed by atoms with E-state index in [4.69, 9.17) is 9.47 Å². The molecular weight excluding hydrogens is 461 g/mol. The van der Waals surface area contributed by atoms with Crippen molar-refractivity contribution in [3.05, 3.63) is 100 Å². The fraction of sp³-hybridized carbons (Fsp3) is 0.241. The Balaban J connectivity index is 1.80. The number of likely N-dealkylation sites (tertiary alicyclic amines) is 1. The normalized spacial score (nSPS) is 16.9. The maximum atomic E-state index is 13.3. The molecule has 7 heteroatoms. The van der Waals surface area contributed by atoms with Crippen LogP contribution in [0.5, 0.6) is 11.5 Å². The molecule has 1 N–H and O–H groups in total. The van der Waals surface area contributed by atoms with Crippen molar-refractivity contribution in [2.45, 2.75) is 25.8 Å². The van der Waals surface area contributed by atoms with Crippen molar-refractivity contribution in [2.75, 3.05) is 20.8 Å². The van der Waals surface area contributed by atoms with Crippen molar-refractivity contribution >= 4 is 17.4 Å². The molecule has 1 heterocycles. The van der Waals surface area contributed by atoms with E-state index in [1.165, 1.54) is 31.3 Å². The second kappa shape index (κ2) is 10.6. The van der Waals surface area contributed by atoms with Gasteiger partial charge >= 0.3 is 0 Å². The van der Waals surface area contributed by atoms with Gasteiger partial charge in [-0.25, -0.2) is 4.39 Å². The number of methoxy groups -OCH3 is 2. The summed E-state index contributed by atoms with van der Waals surface area (Å²) in [6.07, 6.45) is 1.24. The number of hydrogen-bond donors (Lipinski definition) is 1. The fourth-order valence-electron chi connectivity index (χ4n) is 4.43. The SMILES string of the molecule is CCc1ccc(/C(O)=C2/C(=O)C(=O)N(CCc3ccc(F)cc3)C2c2ccc(OC)c(OC)c2)cc1. The lowest BCUT2D eigenvalue weighted by Gasteiger charge is -2.26. The Bertz CT molecular complexity index is 1300. The number of carbonyl (C=O) groups excluding carboxylic acids is 2. The number of benzene rings is 3. The summed E-state index contributed by atoms with van der Waals surface area (Å²) in [6, 6.07) is 17.6. The second-order valence-corrected chi connectivity index (χ2v) is 8.53. The van der Waals surface area contributed by atoms with Gasteiger partial charge in [0.1, 0.15) is 11.6 Å². The number of aliphatic hydroxyl groups excluding tert-OH is 1. The summed E-state index contributed by atoms with van der Waals surface area (Å²) >= 11 is 0. The first kappa shape index (κ1) is 25.0. The Labute approximate surface area is 209 Å². The Morgan fingerprint density at radius 1 is 0.917 bits per heavy atom. The predicted octanol–water partition coefficient (Wildman–Crippen LogP) is 5.07. The van der Waals surface area contributed by atoms with Gasteiger partial charge in [-0.3, -0.25) is 9.59 Å². The van der Waals surface area contributed by atoms with Crippen LogP contribution in [0.15, 0.2) is 72.3 Å². The molecule has 1 atom stereocenters. The molecule has 0 saturated carbocycles. The number of rotatable bonds is 8. The number of carbonyl (C=O) groups is 2. The third kappa shape index (κ3) is 4.82. The van der Waals surface area contributed by atoms with Crippen molar-refractivity contribution in [3.63, 3.8) is 0 Å². The van der Waals surface area contributed by atoms with E-state index in [-0.39, 0.29) is 23.7 Å². The molecule has 1 unspecified atom stereocenters. The highest BCUT2D eigenvalue weighted by Gasteiger charge is 2.46. The van der Waals surface area contributed by atoms with Crippen LogP contribution < -0.4 is 9.47 Å². The van der Waals surface area contributed by atoms with E-state index in [9.17, 15) is 19.1 Å². The molecule has 186 valence electrons. The van der Waals surface area contributed by atoms with E-state index >= 15 is 0 Å². The van der Waals surface area contributed by atoms with Crippen LogP contribution in [0.25, 0.3) is 5.76 Å². The Kier molecular flexibility index (Phi) is 7.38. The zero-order chi connectivity index (χ0) is 25.8. The number of ether oxygens (including phenoxy) is 2. The lowest BCUT2D eigenvalue weighted by atomic mass is 9.94. The fourth-order valence-corrected chi connectivity index (χ4v) is 4.43. The molecular formula is C29H28FNO5. The van der Waals surface area contributed by atoms with E-state index < -0.39 is 17.7 Å². The molecule has 0 aliphatic carbocycles. The van der Waals surface area contributed by atoms with Crippen LogP contribution in [0.4, 0.5) is 4.39 Å². The first-order chi connectivity index (χ1) is 17.4. The average Bonchev–Trinajstić information content (AvgIpc) is 3.16. The van der Waals surface area contributed by atoms with E-state index in [1.807, 2.05) is 19.1 Å². The van der Waals surface area contributed by atoms with Gasteiger partial charge in [0.25, 0.3) is 11.7 Å². The van der Waals surface area contributed by atoms with Crippen LogP contribution in [0, 0.1) is 5.82 Å². The standard InChI is InChI=1S/C29H28FNO5/c1-4-18-5-9-20(10-6-18)27(32)25-26(21-11-14-23(35-2)24(17-21)36-3)31(29(34)28(25)33)16-15-19-7-12-22(30)13-8-19/h5-14,17,26,32H,4,15-16H2,1-3H3/b27-25-. The molecule has 0 spiro atoms. The summed E-state index contributed by atoms with van der Waals surface area (Å²) in [5, 5.41) is 11.2. The van der Waals surface area contributed by atoms with Crippen molar-refractivity contribution in [3.8, 4) is 11.5 Å². The van der Waals surface area contributed by atoms with Crippen LogP contribution in [-0.2, 0) is 22.4 Å². The maximum Gasteiger partial charge on any atom is 0.295 e. The molecule has 3 aromatic carbocycles. The Morgan fingerprint density at radius 3 is 2.17 bits per heavy atom. The van der Waals surface area contributed by atoms with E-state index in [1.54, 1.807) is 42.5 Å². The Morgan fingerprint density at radius 2 is 1.56 bits per heavy atom. The van der Waals surface area contributed by atoms with E-state index in [0.29, 0.717) is 29.0 Å². The summed E-state index contributed by atoms with van der Waals surface area (Å²) < 4.78 is 24.1. The van der Waals surface area contributed by atoms with Crippen LogP contribution in [-0.4, -0.2) is 42.5 Å². The number of halogens is 1. The Hall–Kier alpha value is -4.13. The minimum absolute atomic E-state index is 0.00979. The number of Topliss-reactive ketones (excluding diaryl/α,β-unsaturated/α-hetero) is 1. The van der Waals surface area contributed by atoms with Gasteiger partial charge in [0.2, 0.25) is 0 Å². The molecule has 0 aromatic heterocycles. The number of aryl methyl sites for hydroxylation is 1. The zero-order valence-electron chi connectivity index (χ0n) is 20.5. The largest absolute Gasteiger partial charge is 0.507 e. The van der Waals surface area contributed by atoms with E-state index in [0.717, 1.165) is 17.5 Å². The van der Waals surface area contributed by atoms with Gasteiger partial charge in [0.15, 0.2) is 11.5 Å². The molecule has 0 radical (unpaired) electrons. The molecule has 4 rings (SSSR count). The highest BCUT2D eigenvalue weighted by molar-refractivity contribution is 6.46. The smallest absolute Gasteiger partial charge is 0.295 e. The lowest BCUT2D eigenvalue weighted by Crippen LogP contribution is -2.31. The van der Waals surface area contributed by atoms with Crippen molar-refractivity contribution < 1.29 is 28.6 Å². The van der Waals surface area contributed by atoms with Gasteiger partial charge in [0.05, 0.1) is 25.8 Å². The third-order valence-electron chi connectivity index (χ3n) is 6.45. The first-order valence-corrected chi connectivity index (χ1v) is 11.7. The zero-order valence-corrected chi connectivity index (χ0v) is 20.5. The predicted molar refractivity (Wildman–Crippen MR) is 134 cm³/mol. The minimum atomic E-state index is -0.837. The molecule has 1 amide bonds. The van der Waals surface area contributed by atoms with Crippen molar-refractivity contribution in [1.82, 2.24) is 4.90 Å². The summed E-state index contributed by atoms with van der Waals surface area (Å²) in [5.41, 5.74) is 2.96. The van der Waals surface area contributed by atoms with Crippen LogP contribution >= 0.6 is 0 Å². The molecule has 1 aliphatic heterocycles.